The van der Waals surface area contributed by atoms with E-state index in [0.717, 1.165) is 11.8 Å². The molecule has 0 aromatic heterocycles. The molecule has 2 rings (SSSR count). The van der Waals surface area contributed by atoms with Crippen molar-refractivity contribution in [1.29, 1.82) is 0 Å². The molecule has 2 unspecified atom stereocenters. The number of hydrogen-bond acceptors (Lipinski definition) is 0. The monoisotopic (exact) mass is 266 g/mol. The summed E-state index contributed by atoms with van der Waals surface area (Å²) in [7, 11) is 0. The van der Waals surface area contributed by atoms with Crippen molar-refractivity contribution in [2.24, 2.45) is 5.92 Å². The quantitative estimate of drug-likeness (QED) is 0.696. The van der Waals surface area contributed by atoms with E-state index in [1.807, 2.05) is 0 Å². The van der Waals surface area contributed by atoms with Crippen molar-refractivity contribution >= 4 is 15.9 Å². The van der Waals surface area contributed by atoms with Crippen LogP contribution in [0.5, 0.6) is 0 Å². The summed E-state index contributed by atoms with van der Waals surface area (Å²) in [6.45, 7) is 2.33. The van der Waals surface area contributed by atoms with Crippen molar-refractivity contribution in [1.82, 2.24) is 0 Å². The molecule has 0 nitrogen and oxygen atoms in total. The maximum absolute atomic E-state index is 3.56. The van der Waals surface area contributed by atoms with Crippen LogP contribution in [-0.2, 0) is 0 Å². The number of benzene rings is 1. The molecule has 82 valence electrons. The molecule has 0 aliphatic heterocycles. The molecule has 0 amide bonds. The van der Waals surface area contributed by atoms with Gasteiger partial charge < -0.3 is 0 Å². The molecule has 1 aromatic rings. The van der Waals surface area contributed by atoms with Crippen molar-refractivity contribution in [3.8, 4) is 0 Å². The molecule has 1 aromatic carbocycles. The van der Waals surface area contributed by atoms with Crippen LogP contribution in [0.15, 0.2) is 28.7 Å². The van der Waals surface area contributed by atoms with Gasteiger partial charge in [-0.15, -0.1) is 0 Å². The zero-order valence-electron chi connectivity index (χ0n) is 9.38. The van der Waals surface area contributed by atoms with Crippen molar-refractivity contribution in [2.75, 3.05) is 0 Å². The van der Waals surface area contributed by atoms with E-state index in [4.69, 9.17) is 0 Å². The first-order valence-corrected chi connectivity index (χ1v) is 6.84. The molecular weight excluding hydrogens is 248 g/mol. The standard InChI is InChI=1S/C14H19Br/c1-2-11-5-3-6-12(9-11)13-7-4-8-14(15)10-13/h4,7-8,10-12H,2-3,5-6,9H2,1H3. The third kappa shape index (κ3) is 2.84. The van der Waals surface area contributed by atoms with E-state index in [-0.39, 0.29) is 0 Å². The molecular formula is C14H19Br. The third-order valence-corrected chi connectivity index (χ3v) is 4.17. The highest BCUT2D eigenvalue weighted by Crippen LogP contribution is 2.37. The molecule has 0 bridgehead atoms. The summed E-state index contributed by atoms with van der Waals surface area (Å²) in [5, 5.41) is 0. The fourth-order valence-corrected chi connectivity index (χ4v) is 3.14. The van der Waals surface area contributed by atoms with Gasteiger partial charge in [0.05, 0.1) is 0 Å². The molecule has 0 N–H and O–H groups in total. The van der Waals surface area contributed by atoms with Crippen molar-refractivity contribution in [3.05, 3.63) is 34.3 Å². The predicted molar refractivity (Wildman–Crippen MR) is 69.1 cm³/mol. The van der Waals surface area contributed by atoms with E-state index in [0.29, 0.717) is 0 Å². The molecule has 0 spiro atoms. The molecule has 1 aliphatic carbocycles. The Hall–Kier alpha value is -0.300. The SMILES string of the molecule is CCC1CCCC(c2cccc(Br)c2)C1. The van der Waals surface area contributed by atoms with Gasteiger partial charge >= 0.3 is 0 Å². The van der Waals surface area contributed by atoms with Crippen LogP contribution in [0, 0.1) is 5.92 Å². The van der Waals surface area contributed by atoms with Crippen LogP contribution >= 0.6 is 15.9 Å². The number of rotatable bonds is 2. The lowest BCUT2D eigenvalue weighted by molar-refractivity contribution is 0.314. The maximum atomic E-state index is 3.56. The zero-order chi connectivity index (χ0) is 10.7. The minimum Gasteiger partial charge on any atom is -0.0651 e. The van der Waals surface area contributed by atoms with E-state index < -0.39 is 0 Å². The number of halogens is 1. The van der Waals surface area contributed by atoms with E-state index in [2.05, 4.69) is 47.1 Å². The lowest BCUT2D eigenvalue weighted by Gasteiger charge is -2.28. The average Bonchev–Trinajstić information content (AvgIpc) is 2.29. The fraction of sp³-hybridized carbons (Fsp3) is 0.571. The van der Waals surface area contributed by atoms with Gasteiger partial charge in [0.2, 0.25) is 0 Å². The molecule has 2 atom stereocenters. The average molecular weight is 267 g/mol. The Morgan fingerprint density at radius 3 is 2.93 bits per heavy atom. The first-order valence-electron chi connectivity index (χ1n) is 6.05. The van der Waals surface area contributed by atoms with Gasteiger partial charge in [0.25, 0.3) is 0 Å². The topological polar surface area (TPSA) is 0 Å². The van der Waals surface area contributed by atoms with Gasteiger partial charge in [-0.1, -0.05) is 54.2 Å². The largest absolute Gasteiger partial charge is 0.0651 e. The Labute approximate surface area is 101 Å². The Balaban J connectivity index is 2.09. The minimum atomic E-state index is 0.807. The van der Waals surface area contributed by atoms with Crippen molar-refractivity contribution in [3.63, 3.8) is 0 Å². The highest BCUT2D eigenvalue weighted by atomic mass is 79.9. The predicted octanol–water partition coefficient (Wildman–Crippen LogP) is 5.13. The zero-order valence-corrected chi connectivity index (χ0v) is 11.0. The van der Waals surface area contributed by atoms with Crippen LogP contribution in [0.1, 0.15) is 50.5 Å². The maximum Gasteiger partial charge on any atom is 0.0178 e. The summed E-state index contributed by atoms with van der Waals surface area (Å²) >= 11 is 3.56. The van der Waals surface area contributed by atoms with Gasteiger partial charge in [0.15, 0.2) is 0 Å². The molecule has 0 heterocycles. The molecule has 1 aliphatic rings. The summed E-state index contributed by atoms with van der Waals surface area (Å²) in [6.07, 6.45) is 6.99. The van der Waals surface area contributed by atoms with E-state index in [1.165, 1.54) is 42.1 Å². The Morgan fingerprint density at radius 1 is 1.33 bits per heavy atom. The Kier molecular flexibility index (Phi) is 3.85. The molecule has 1 saturated carbocycles. The Morgan fingerprint density at radius 2 is 2.20 bits per heavy atom. The lowest BCUT2D eigenvalue weighted by Crippen LogP contribution is -2.13. The molecule has 1 heteroatoms. The fourth-order valence-electron chi connectivity index (χ4n) is 2.73. The van der Waals surface area contributed by atoms with Gasteiger partial charge in [-0.05, 0) is 42.4 Å². The second kappa shape index (κ2) is 5.16. The van der Waals surface area contributed by atoms with Crippen LogP contribution in [0.3, 0.4) is 0 Å². The first-order chi connectivity index (χ1) is 7.29. The summed E-state index contributed by atoms with van der Waals surface area (Å²) < 4.78 is 1.22. The molecule has 0 saturated heterocycles. The summed E-state index contributed by atoms with van der Waals surface area (Å²) in [6, 6.07) is 8.86. The number of hydrogen-bond donors (Lipinski definition) is 0. The summed E-state index contributed by atoms with van der Waals surface area (Å²) in [4.78, 5) is 0. The third-order valence-electron chi connectivity index (χ3n) is 3.68. The highest BCUT2D eigenvalue weighted by Gasteiger charge is 2.21. The second-order valence-corrected chi connectivity index (χ2v) is 5.61. The smallest absolute Gasteiger partial charge is 0.0178 e. The second-order valence-electron chi connectivity index (χ2n) is 4.69. The minimum absolute atomic E-state index is 0.807. The molecule has 1 fully saturated rings. The first kappa shape index (κ1) is 11.2. The van der Waals surface area contributed by atoms with E-state index in [9.17, 15) is 0 Å². The van der Waals surface area contributed by atoms with Gasteiger partial charge in [-0.2, -0.15) is 0 Å². The van der Waals surface area contributed by atoms with Gasteiger partial charge in [0, 0.05) is 4.47 Å². The van der Waals surface area contributed by atoms with Crippen LogP contribution < -0.4 is 0 Å². The van der Waals surface area contributed by atoms with Gasteiger partial charge in [-0.3, -0.25) is 0 Å². The van der Waals surface area contributed by atoms with Crippen LogP contribution in [0.25, 0.3) is 0 Å². The lowest BCUT2D eigenvalue weighted by atomic mass is 9.77. The summed E-state index contributed by atoms with van der Waals surface area (Å²) in [5.41, 5.74) is 1.53. The van der Waals surface area contributed by atoms with Gasteiger partial charge in [0.1, 0.15) is 0 Å². The Bertz CT molecular complexity index is 319. The van der Waals surface area contributed by atoms with Gasteiger partial charge in [-0.25, -0.2) is 0 Å². The normalized spacial score (nSPS) is 26.5. The van der Waals surface area contributed by atoms with Crippen LogP contribution in [-0.4, -0.2) is 0 Å². The van der Waals surface area contributed by atoms with Crippen LogP contribution in [0.4, 0.5) is 0 Å². The van der Waals surface area contributed by atoms with E-state index in [1.54, 1.807) is 0 Å². The van der Waals surface area contributed by atoms with E-state index >= 15 is 0 Å². The molecule has 15 heavy (non-hydrogen) atoms. The van der Waals surface area contributed by atoms with Crippen molar-refractivity contribution in [2.45, 2.75) is 44.9 Å². The highest BCUT2D eigenvalue weighted by molar-refractivity contribution is 9.10. The molecule has 0 radical (unpaired) electrons. The van der Waals surface area contributed by atoms with Crippen molar-refractivity contribution < 1.29 is 0 Å². The summed E-state index contributed by atoms with van der Waals surface area (Å²) in [5.74, 6) is 1.77. The van der Waals surface area contributed by atoms with Crippen LogP contribution in [0.2, 0.25) is 0 Å².